The van der Waals surface area contributed by atoms with E-state index in [2.05, 4.69) is 9.72 Å². The van der Waals surface area contributed by atoms with Crippen LogP contribution >= 0.6 is 0 Å². The fourth-order valence-electron chi connectivity index (χ4n) is 1.80. The van der Waals surface area contributed by atoms with Crippen LogP contribution in [0.2, 0.25) is 0 Å². The van der Waals surface area contributed by atoms with Crippen molar-refractivity contribution in [1.29, 1.82) is 0 Å². The summed E-state index contributed by atoms with van der Waals surface area (Å²) in [6, 6.07) is 9.84. The molecule has 0 radical (unpaired) electrons. The van der Waals surface area contributed by atoms with Gasteiger partial charge in [0.05, 0.1) is 19.2 Å². The second kappa shape index (κ2) is 6.18. The van der Waals surface area contributed by atoms with E-state index >= 15 is 0 Å². The van der Waals surface area contributed by atoms with Gasteiger partial charge in [-0.25, -0.2) is 0 Å². The van der Waals surface area contributed by atoms with Crippen LogP contribution in [0.5, 0.6) is 5.75 Å². The topological polar surface area (TPSA) is 48.4 Å². The number of esters is 1. The van der Waals surface area contributed by atoms with Gasteiger partial charge in [0, 0.05) is 23.6 Å². The zero-order chi connectivity index (χ0) is 13.7. The standard InChI is InChI=1S/C15H17NO3/c1-11-5-6-12-7-8-13(10-14(12)16-11)19-9-3-4-15(17)18-2/h5-8,10H,3-4,9H2,1-2H3. The molecule has 19 heavy (non-hydrogen) atoms. The minimum absolute atomic E-state index is 0.209. The maximum atomic E-state index is 10.9. The van der Waals surface area contributed by atoms with Crippen molar-refractivity contribution < 1.29 is 14.3 Å². The highest BCUT2D eigenvalue weighted by Gasteiger charge is 2.02. The second-order valence-corrected chi connectivity index (χ2v) is 4.34. The van der Waals surface area contributed by atoms with Gasteiger partial charge in [-0.3, -0.25) is 9.78 Å². The van der Waals surface area contributed by atoms with Crippen LogP contribution in [-0.2, 0) is 9.53 Å². The molecule has 1 heterocycles. The monoisotopic (exact) mass is 259 g/mol. The van der Waals surface area contributed by atoms with Crippen LogP contribution in [0.1, 0.15) is 18.5 Å². The lowest BCUT2D eigenvalue weighted by Crippen LogP contribution is -2.04. The predicted octanol–water partition coefficient (Wildman–Crippen LogP) is 2.88. The number of rotatable bonds is 5. The minimum Gasteiger partial charge on any atom is -0.494 e. The molecule has 0 aliphatic rings. The Bertz CT molecular complexity index is 581. The number of pyridine rings is 1. The highest BCUT2D eigenvalue weighted by molar-refractivity contribution is 5.80. The summed E-state index contributed by atoms with van der Waals surface area (Å²) in [5.41, 5.74) is 1.90. The molecule has 0 spiro atoms. The van der Waals surface area contributed by atoms with Gasteiger partial charge in [0.15, 0.2) is 0 Å². The summed E-state index contributed by atoms with van der Waals surface area (Å²) < 4.78 is 10.2. The number of ether oxygens (including phenoxy) is 2. The molecule has 1 aromatic carbocycles. The van der Waals surface area contributed by atoms with Crippen molar-refractivity contribution in [3.05, 3.63) is 36.0 Å². The lowest BCUT2D eigenvalue weighted by molar-refractivity contribution is -0.140. The number of hydrogen-bond acceptors (Lipinski definition) is 4. The van der Waals surface area contributed by atoms with Crippen molar-refractivity contribution in [2.24, 2.45) is 0 Å². The van der Waals surface area contributed by atoms with Crippen molar-refractivity contribution in [2.45, 2.75) is 19.8 Å². The van der Waals surface area contributed by atoms with Gasteiger partial charge in [0.2, 0.25) is 0 Å². The summed E-state index contributed by atoms with van der Waals surface area (Å²) >= 11 is 0. The van der Waals surface area contributed by atoms with Crippen LogP contribution < -0.4 is 4.74 Å². The number of aryl methyl sites for hydroxylation is 1. The van der Waals surface area contributed by atoms with Crippen molar-refractivity contribution >= 4 is 16.9 Å². The summed E-state index contributed by atoms with van der Waals surface area (Å²) in [7, 11) is 1.39. The number of benzene rings is 1. The van der Waals surface area contributed by atoms with Gasteiger partial charge in [0.25, 0.3) is 0 Å². The second-order valence-electron chi connectivity index (χ2n) is 4.34. The van der Waals surface area contributed by atoms with E-state index in [0.717, 1.165) is 22.3 Å². The maximum absolute atomic E-state index is 10.9. The van der Waals surface area contributed by atoms with Gasteiger partial charge in [0.1, 0.15) is 5.75 Å². The average molecular weight is 259 g/mol. The third-order valence-electron chi connectivity index (χ3n) is 2.82. The van der Waals surface area contributed by atoms with Crippen molar-refractivity contribution in [2.75, 3.05) is 13.7 Å². The van der Waals surface area contributed by atoms with Crippen molar-refractivity contribution in [3.8, 4) is 5.75 Å². The molecular weight excluding hydrogens is 242 g/mol. The molecule has 2 aromatic rings. The highest BCUT2D eigenvalue weighted by Crippen LogP contribution is 2.19. The number of methoxy groups -OCH3 is 1. The average Bonchev–Trinajstić information content (AvgIpc) is 2.42. The van der Waals surface area contributed by atoms with E-state index in [-0.39, 0.29) is 5.97 Å². The number of fused-ring (bicyclic) bond motifs is 1. The third-order valence-corrected chi connectivity index (χ3v) is 2.82. The molecule has 2 rings (SSSR count). The van der Waals surface area contributed by atoms with Gasteiger partial charge in [-0.15, -0.1) is 0 Å². The summed E-state index contributed by atoms with van der Waals surface area (Å²) in [6.07, 6.45) is 1.02. The first-order valence-electron chi connectivity index (χ1n) is 6.26. The fourth-order valence-corrected chi connectivity index (χ4v) is 1.80. The predicted molar refractivity (Wildman–Crippen MR) is 73.2 cm³/mol. The molecule has 0 N–H and O–H groups in total. The van der Waals surface area contributed by atoms with Gasteiger partial charge >= 0.3 is 5.97 Å². The largest absolute Gasteiger partial charge is 0.494 e. The Morgan fingerprint density at radius 3 is 2.84 bits per heavy atom. The minimum atomic E-state index is -0.209. The lowest BCUT2D eigenvalue weighted by atomic mass is 10.2. The number of carbonyl (C=O) groups is 1. The molecule has 0 atom stereocenters. The normalized spacial score (nSPS) is 10.4. The maximum Gasteiger partial charge on any atom is 0.305 e. The van der Waals surface area contributed by atoms with Crippen molar-refractivity contribution in [3.63, 3.8) is 0 Å². The van der Waals surface area contributed by atoms with Gasteiger partial charge in [-0.05, 0) is 31.5 Å². The van der Waals surface area contributed by atoms with E-state index < -0.39 is 0 Å². The van der Waals surface area contributed by atoms with Crippen LogP contribution in [0.3, 0.4) is 0 Å². The smallest absolute Gasteiger partial charge is 0.305 e. The molecule has 100 valence electrons. The lowest BCUT2D eigenvalue weighted by Gasteiger charge is -2.07. The molecule has 0 aliphatic heterocycles. The summed E-state index contributed by atoms with van der Waals surface area (Å²) in [5, 5.41) is 1.09. The number of hydrogen-bond donors (Lipinski definition) is 0. The zero-order valence-corrected chi connectivity index (χ0v) is 11.2. The Hall–Kier alpha value is -2.10. The van der Waals surface area contributed by atoms with E-state index in [4.69, 9.17) is 4.74 Å². The Balaban J connectivity index is 1.95. The molecule has 0 aliphatic carbocycles. The van der Waals surface area contributed by atoms with E-state index in [1.165, 1.54) is 7.11 Å². The van der Waals surface area contributed by atoms with E-state index in [1.54, 1.807) is 0 Å². The molecule has 0 amide bonds. The molecular formula is C15H17NO3. The molecule has 4 heteroatoms. The Morgan fingerprint density at radius 1 is 1.26 bits per heavy atom. The molecule has 0 fully saturated rings. The Kier molecular flexibility index (Phi) is 4.34. The number of nitrogens with zero attached hydrogens (tertiary/aromatic N) is 1. The van der Waals surface area contributed by atoms with Crippen LogP contribution in [0.4, 0.5) is 0 Å². The first kappa shape index (κ1) is 13.3. The summed E-state index contributed by atoms with van der Waals surface area (Å²) in [4.78, 5) is 15.4. The van der Waals surface area contributed by atoms with Crippen LogP contribution in [0.25, 0.3) is 10.9 Å². The van der Waals surface area contributed by atoms with Crippen LogP contribution in [-0.4, -0.2) is 24.7 Å². The molecule has 0 saturated heterocycles. The van der Waals surface area contributed by atoms with Crippen molar-refractivity contribution in [1.82, 2.24) is 4.98 Å². The highest BCUT2D eigenvalue weighted by atomic mass is 16.5. The van der Waals surface area contributed by atoms with Gasteiger partial charge in [-0.2, -0.15) is 0 Å². The molecule has 0 saturated carbocycles. The Labute approximate surface area is 112 Å². The van der Waals surface area contributed by atoms with E-state index in [9.17, 15) is 4.79 Å². The summed E-state index contributed by atoms with van der Waals surface area (Å²) in [5.74, 6) is 0.565. The summed E-state index contributed by atoms with van der Waals surface area (Å²) in [6.45, 7) is 2.45. The number of carbonyl (C=O) groups excluding carboxylic acids is 1. The molecule has 4 nitrogen and oxygen atoms in total. The first-order chi connectivity index (χ1) is 9.19. The van der Waals surface area contributed by atoms with Crippen LogP contribution in [0.15, 0.2) is 30.3 Å². The van der Waals surface area contributed by atoms with E-state index in [1.807, 2.05) is 37.3 Å². The molecule has 0 unspecified atom stereocenters. The van der Waals surface area contributed by atoms with E-state index in [0.29, 0.717) is 19.4 Å². The zero-order valence-electron chi connectivity index (χ0n) is 11.2. The quantitative estimate of drug-likeness (QED) is 0.612. The van der Waals surface area contributed by atoms with Crippen LogP contribution in [0, 0.1) is 6.92 Å². The molecule has 0 bridgehead atoms. The first-order valence-corrected chi connectivity index (χ1v) is 6.26. The Morgan fingerprint density at radius 2 is 2.05 bits per heavy atom. The fraction of sp³-hybridized carbons (Fsp3) is 0.333. The van der Waals surface area contributed by atoms with Gasteiger partial charge in [-0.1, -0.05) is 6.07 Å². The SMILES string of the molecule is COC(=O)CCCOc1ccc2ccc(C)nc2c1. The molecule has 1 aromatic heterocycles. The number of aromatic nitrogens is 1. The third kappa shape index (κ3) is 3.68. The van der Waals surface area contributed by atoms with Gasteiger partial charge < -0.3 is 9.47 Å².